The molecule has 80 valence electrons. The standard InChI is InChI=1S/C11H15N3S/c1-2-15-11-8(10(12)13)6-7-4-3-5-9(7)14-11/h6H,2-5H2,1H3,(H3,12,13). The van der Waals surface area contributed by atoms with Crippen LogP contribution in [0.5, 0.6) is 0 Å². The molecule has 0 aromatic carbocycles. The molecule has 0 fully saturated rings. The van der Waals surface area contributed by atoms with Crippen molar-refractivity contribution in [2.24, 2.45) is 5.73 Å². The molecule has 1 heterocycles. The maximum Gasteiger partial charge on any atom is 0.125 e. The molecule has 1 aromatic heterocycles. The van der Waals surface area contributed by atoms with Gasteiger partial charge in [-0.1, -0.05) is 6.92 Å². The van der Waals surface area contributed by atoms with Crippen molar-refractivity contribution in [3.8, 4) is 0 Å². The predicted octanol–water partition coefficient (Wildman–Crippen LogP) is 1.97. The van der Waals surface area contributed by atoms with E-state index >= 15 is 0 Å². The Morgan fingerprint density at radius 2 is 2.40 bits per heavy atom. The first-order chi connectivity index (χ1) is 7.22. The first-order valence-corrected chi connectivity index (χ1v) is 6.21. The molecule has 0 spiro atoms. The largest absolute Gasteiger partial charge is 0.384 e. The molecule has 4 heteroatoms. The number of nitrogens with one attached hydrogen (secondary N) is 1. The number of nitrogens with two attached hydrogens (primary N) is 1. The second kappa shape index (κ2) is 4.23. The molecule has 3 nitrogen and oxygen atoms in total. The third kappa shape index (κ3) is 2.00. The van der Waals surface area contributed by atoms with E-state index in [4.69, 9.17) is 11.1 Å². The van der Waals surface area contributed by atoms with E-state index in [9.17, 15) is 0 Å². The van der Waals surface area contributed by atoms with Gasteiger partial charge in [-0.25, -0.2) is 4.98 Å². The number of aromatic nitrogens is 1. The highest BCUT2D eigenvalue weighted by Crippen LogP contribution is 2.27. The van der Waals surface area contributed by atoms with Crippen LogP contribution < -0.4 is 5.73 Å². The molecule has 0 radical (unpaired) electrons. The van der Waals surface area contributed by atoms with Crippen LogP contribution in [0.15, 0.2) is 11.1 Å². The van der Waals surface area contributed by atoms with Gasteiger partial charge in [0.15, 0.2) is 0 Å². The highest BCUT2D eigenvalue weighted by atomic mass is 32.2. The highest BCUT2D eigenvalue weighted by molar-refractivity contribution is 7.99. The molecule has 1 aliphatic carbocycles. The highest BCUT2D eigenvalue weighted by Gasteiger charge is 2.17. The Hall–Kier alpha value is -1.03. The molecular weight excluding hydrogens is 206 g/mol. The number of pyridine rings is 1. The number of nitrogens with zero attached hydrogens (tertiary/aromatic N) is 1. The number of hydrogen-bond donors (Lipinski definition) is 2. The van der Waals surface area contributed by atoms with E-state index < -0.39 is 0 Å². The average molecular weight is 221 g/mol. The Morgan fingerprint density at radius 1 is 1.60 bits per heavy atom. The van der Waals surface area contributed by atoms with Crippen molar-refractivity contribution >= 4 is 17.6 Å². The molecule has 0 unspecified atom stereocenters. The maximum absolute atomic E-state index is 7.54. The van der Waals surface area contributed by atoms with Crippen LogP contribution >= 0.6 is 11.8 Å². The number of thioether (sulfide) groups is 1. The Labute approximate surface area is 94.0 Å². The maximum atomic E-state index is 7.54. The fourth-order valence-corrected chi connectivity index (χ4v) is 2.67. The number of rotatable bonds is 3. The van der Waals surface area contributed by atoms with Crippen LogP contribution in [0, 0.1) is 5.41 Å². The minimum Gasteiger partial charge on any atom is -0.384 e. The van der Waals surface area contributed by atoms with Crippen LogP contribution in [-0.2, 0) is 12.8 Å². The van der Waals surface area contributed by atoms with Crippen LogP contribution in [0.2, 0.25) is 0 Å². The molecule has 3 N–H and O–H groups in total. The van der Waals surface area contributed by atoms with Crippen molar-refractivity contribution in [2.75, 3.05) is 5.75 Å². The van der Waals surface area contributed by atoms with Crippen LogP contribution in [0.4, 0.5) is 0 Å². The van der Waals surface area contributed by atoms with Crippen molar-refractivity contribution in [2.45, 2.75) is 31.2 Å². The second-order valence-electron chi connectivity index (χ2n) is 3.65. The predicted molar refractivity (Wildman–Crippen MR) is 63.7 cm³/mol. The smallest absolute Gasteiger partial charge is 0.125 e. The van der Waals surface area contributed by atoms with Gasteiger partial charge in [0.2, 0.25) is 0 Å². The van der Waals surface area contributed by atoms with E-state index in [0.717, 1.165) is 29.2 Å². The summed E-state index contributed by atoms with van der Waals surface area (Å²) in [7, 11) is 0. The van der Waals surface area contributed by atoms with E-state index in [2.05, 4.69) is 18.0 Å². The Balaban J connectivity index is 2.47. The summed E-state index contributed by atoms with van der Waals surface area (Å²) < 4.78 is 0. The fourth-order valence-electron chi connectivity index (χ4n) is 1.89. The first kappa shape index (κ1) is 10.5. The summed E-state index contributed by atoms with van der Waals surface area (Å²) in [6.45, 7) is 2.09. The molecule has 1 aromatic rings. The molecule has 0 amide bonds. The van der Waals surface area contributed by atoms with Gasteiger partial charge in [-0.15, -0.1) is 11.8 Å². The van der Waals surface area contributed by atoms with Crippen LogP contribution in [0.1, 0.15) is 30.2 Å². The Morgan fingerprint density at radius 3 is 3.07 bits per heavy atom. The summed E-state index contributed by atoms with van der Waals surface area (Å²) >= 11 is 1.66. The van der Waals surface area contributed by atoms with E-state index in [-0.39, 0.29) is 5.84 Å². The van der Waals surface area contributed by atoms with Gasteiger partial charge < -0.3 is 5.73 Å². The summed E-state index contributed by atoms with van der Waals surface area (Å²) in [5.41, 5.74) is 8.86. The zero-order chi connectivity index (χ0) is 10.8. The topological polar surface area (TPSA) is 62.8 Å². The van der Waals surface area contributed by atoms with Crippen LogP contribution in [0.3, 0.4) is 0 Å². The SMILES string of the molecule is CCSc1nc2c(cc1C(=N)N)CCC2. The summed E-state index contributed by atoms with van der Waals surface area (Å²) in [5.74, 6) is 1.10. The molecule has 15 heavy (non-hydrogen) atoms. The van der Waals surface area contributed by atoms with Crippen molar-refractivity contribution in [3.05, 3.63) is 22.9 Å². The molecule has 2 rings (SSSR count). The lowest BCUT2D eigenvalue weighted by Gasteiger charge is -2.08. The van der Waals surface area contributed by atoms with Gasteiger partial charge in [0.1, 0.15) is 10.9 Å². The fraction of sp³-hybridized carbons (Fsp3) is 0.455. The molecular formula is C11H15N3S. The normalized spacial score (nSPS) is 13.9. The van der Waals surface area contributed by atoms with Crippen molar-refractivity contribution < 1.29 is 0 Å². The van der Waals surface area contributed by atoms with Crippen molar-refractivity contribution in [3.63, 3.8) is 0 Å². The van der Waals surface area contributed by atoms with Gasteiger partial charge in [-0.05, 0) is 36.6 Å². The molecule has 0 atom stereocenters. The average Bonchev–Trinajstić information content (AvgIpc) is 2.63. The summed E-state index contributed by atoms with van der Waals surface area (Å²) in [4.78, 5) is 4.61. The third-order valence-electron chi connectivity index (χ3n) is 2.59. The number of amidine groups is 1. The van der Waals surface area contributed by atoms with E-state index in [1.165, 1.54) is 17.7 Å². The van der Waals surface area contributed by atoms with E-state index in [0.29, 0.717) is 0 Å². The minimum atomic E-state index is 0.133. The van der Waals surface area contributed by atoms with Crippen LogP contribution in [-0.4, -0.2) is 16.6 Å². The Kier molecular flexibility index (Phi) is 2.95. The molecule has 1 aliphatic rings. The molecule has 0 bridgehead atoms. The Bertz CT molecular complexity index is 401. The summed E-state index contributed by atoms with van der Waals surface area (Å²) in [5, 5.41) is 8.46. The van der Waals surface area contributed by atoms with Gasteiger partial charge in [-0.3, -0.25) is 5.41 Å². The number of hydrogen-bond acceptors (Lipinski definition) is 3. The quantitative estimate of drug-likeness (QED) is 0.466. The lowest BCUT2D eigenvalue weighted by atomic mass is 10.1. The third-order valence-corrected chi connectivity index (χ3v) is 3.46. The summed E-state index contributed by atoms with van der Waals surface area (Å²) in [6, 6.07) is 2.05. The zero-order valence-electron chi connectivity index (χ0n) is 8.84. The lowest BCUT2D eigenvalue weighted by molar-refractivity contribution is 0.891. The molecule has 0 saturated heterocycles. The zero-order valence-corrected chi connectivity index (χ0v) is 9.66. The van der Waals surface area contributed by atoms with E-state index in [1.54, 1.807) is 11.8 Å². The number of aryl methyl sites for hydroxylation is 2. The lowest BCUT2D eigenvalue weighted by Crippen LogP contribution is -2.14. The van der Waals surface area contributed by atoms with Gasteiger partial charge in [0.05, 0.1) is 0 Å². The van der Waals surface area contributed by atoms with Gasteiger partial charge in [-0.2, -0.15) is 0 Å². The van der Waals surface area contributed by atoms with Crippen molar-refractivity contribution in [1.82, 2.24) is 4.98 Å². The van der Waals surface area contributed by atoms with Gasteiger partial charge in [0.25, 0.3) is 0 Å². The molecule has 0 aliphatic heterocycles. The van der Waals surface area contributed by atoms with Crippen molar-refractivity contribution in [1.29, 1.82) is 5.41 Å². The summed E-state index contributed by atoms with van der Waals surface area (Å²) in [6.07, 6.45) is 3.34. The van der Waals surface area contributed by atoms with Gasteiger partial charge in [0, 0.05) is 11.3 Å². The van der Waals surface area contributed by atoms with Crippen LogP contribution in [0.25, 0.3) is 0 Å². The minimum absolute atomic E-state index is 0.133. The number of nitrogen functional groups attached to an aromatic ring is 1. The molecule has 0 saturated carbocycles. The second-order valence-corrected chi connectivity index (χ2v) is 4.90. The first-order valence-electron chi connectivity index (χ1n) is 5.22. The van der Waals surface area contributed by atoms with E-state index in [1.807, 2.05) is 0 Å². The van der Waals surface area contributed by atoms with Gasteiger partial charge >= 0.3 is 0 Å². The monoisotopic (exact) mass is 221 g/mol. The number of fused-ring (bicyclic) bond motifs is 1.